The second-order valence-corrected chi connectivity index (χ2v) is 6.16. The largest absolute Gasteiger partial charge is 0.230 e. The molecule has 0 aliphatic heterocycles. The van der Waals surface area contributed by atoms with Crippen molar-refractivity contribution < 1.29 is 19.6 Å². The molecule has 106 valence electrons. The Morgan fingerprint density at radius 2 is 0.944 bits per heavy atom. The van der Waals surface area contributed by atoms with Gasteiger partial charge in [0.2, 0.25) is 0 Å². The highest BCUT2D eigenvalue weighted by molar-refractivity contribution is 5.07. The zero-order chi connectivity index (χ0) is 14.4. The Kier molecular flexibility index (Phi) is 6.87. The molecule has 0 aliphatic rings. The molecule has 4 nitrogen and oxygen atoms in total. The van der Waals surface area contributed by atoms with Gasteiger partial charge in [0.15, 0.2) is 12.2 Å². The lowest BCUT2D eigenvalue weighted by Gasteiger charge is -2.19. The van der Waals surface area contributed by atoms with E-state index in [0.717, 1.165) is 0 Å². The molecule has 0 bridgehead atoms. The van der Waals surface area contributed by atoms with Crippen molar-refractivity contribution in [1.29, 1.82) is 0 Å². The zero-order valence-electron chi connectivity index (χ0n) is 12.8. The summed E-state index contributed by atoms with van der Waals surface area (Å²) in [5.41, 5.74) is -0.680. The maximum atomic E-state index is 5.16. The van der Waals surface area contributed by atoms with Gasteiger partial charge in [0.25, 0.3) is 0 Å². The fourth-order valence-electron chi connectivity index (χ4n) is 0.716. The van der Waals surface area contributed by atoms with E-state index in [0.29, 0.717) is 0 Å². The molecule has 0 radical (unpaired) electrons. The summed E-state index contributed by atoms with van der Waals surface area (Å²) in [4.78, 5) is 20.6. The maximum absolute atomic E-state index is 5.16. The molecule has 2 atom stereocenters. The predicted molar refractivity (Wildman–Crippen MR) is 70.5 cm³/mol. The molecule has 0 aromatic heterocycles. The highest BCUT2D eigenvalue weighted by atomic mass is 17.2. The first kappa shape index (κ1) is 17.4. The summed E-state index contributed by atoms with van der Waals surface area (Å²) in [7, 11) is 0. The van der Waals surface area contributed by atoms with Crippen molar-refractivity contribution in [3.63, 3.8) is 0 Å². The van der Waals surface area contributed by atoms with E-state index in [9.17, 15) is 0 Å². The normalized spacial score (nSPS) is 15.8. The maximum Gasteiger partial charge on any atom is 0.150 e. The Morgan fingerprint density at radius 3 is 1.17 bits per heavy atom. The summed E-state index contributed by atoms with van der Waals surface area (Å²) in [6.07, 6.45) is -0.630. The van der Waals surface area contributed by atoms with E-state index in [1.165, 1.54) is 0 Å². The van der Waals surface area contributed by atoms with Gasteiger partial charge in [-0.1, -0.05) is 11.8 Å². The van der Waals surface area contributed by atoms with E-state index < -0.39 is 0 Å². The van der Waals surface area contributed by atoms with E-state index >= 15 is 0 Å². The Hall–Kier alpha value is -0.600. The van der Waals surface area contributed by atoms with Gasteiger partial charge in [-0.3, -0.25) is 0 Å². The number of rotatable bonds is 4. The van der Waals surface area contributed by atoms with Crippen LogP contribution in [0.5, 0.6) is 0 Å². The van der Waals surface area contributed by atoms with Crippen LogP contribution in [-0.2, 0) is 19.6 Å². The van der Waals surface area contributed by atoms with Gasteiger partial charge in [-0.15, -0.1) is 0 Å². The predicted octanol–water partition coefficient (Wildman–Crippen LogP) is 3.26. The van der Waals surface area contributed by atoms with Gasteiger partial charge >= 0.3 is 0 Å². The van der Waals surface area contributed by atoms with Crippen LogP contribution in [0.4, 0.5) is 0 Å². The molecular weight excluding hydrogens is 232 g/mol. The highest BCUT2D eigenvalue weighted by Gasteiger charge is 2.14. The van der Waals surface area contributed by atoms with E-state index in [2.05, 4.69) is 11.8 Å². The third-order valence-electron chi connectivity index (χ3n) is 1.37. The van der Waals surface area contributed by atoms with Crippen LogP contribution in [0, 0.1) is 11.8 Å². The lowest BCUT2D eigenvalue weighted by molar-refractivity contribution is -0.362. The molecular formula is C14H26O4. The summed E-state index contributed by atoms with van der Waals surface area (Å²) in [5, 5.41) is 0. The van der Waals surface area contributed by atoms with Gasteiger partial charge in [-0.25, -0.2) is 19.6 Å². The summed E-state index contributed by atoms with van der Waals surface area (Å²) < 4.78 is 0. The van der Waals surface area contributed by atoms with Crippen LogP contribution in [0.15, 0.2) is 0 Å². The third-order valence-corrected chi connectivity index (χ3v) is 1.37. The molecule has 0 N–H and O–H groups in total. The summed E-state index contributed by atoms with van der Waals surface area (Å²) >= 11 is 0. The van der Waals surface area contributed by atoms with Gasteiger partial charge in [0.05, 0.1) is 11.2 Å². The van der Waals surface area contributed by atoms with Gasteiger partial charge < -0.3 is 0 Å². The molecule has 0 saturated heterocycles. The lowest BCUT2D eigenvalue weighted by Crippen LogP contribution is -2.23. The minimum absolute atomic E-state index is 0.315. The first-order valence-electron chi connectivity index (χ1n) is 6.20. The fourth-order valence-corrected chi connectivity index (χ4v) is 0.716. The van der Waals surface area contributed by atoms with Crippen molar-refractivity contribution >= 4 is 0 Å². The van der Waals surface area contributed by atoms with E-state index in [4.69, 9.17) is 19.6 Å². The summed E-state index contributed by atoms with van der Waals surface area (Å²) in [6.45, 7) is 15.1. The molecule has 0 amide bonds. The van der Waals surface area contributed by atoms with Crippen LogP contribution in [-0.4, -0.2) is 23.4 Å². The van der Waals surface area contributed by atoms with Crippen molar-refractivity contribution in [2.75, 3.05) is 0 Å². The Balaban J connectivity index is 4.00. The van der Waals surface area contributed by atoms with Gasteiger partial charge in [0.1, 0.15) is 0 Å². The molecule has 18 heavy (non-hydrogen) atoms. The van der Waals surface area contributed by atoms with Crippen LogP contribution in [0.2, 0.25) is 0 Å². The van der Waals surface area contributed by atoms with Crippen LogP contribution >= 0.6 is 0 Å². The smallest absolute Gasteiger partial charge is 0.150 e. The van der Waals surface area contributed by atoms with Crippen LogP contribution < -0.4 is 0 Å². The second kappa shape index (κ2) is 7.10. The van der Waals surface area contributed by atoms with Gasteiger partial charge in [0, 0.05) is 0 Å². The number of hydrogen-bond acceptors (Lipinski definition) is 4. The third kappa shape index (κ3) is 11.9. The Bertz CT molecular complexity index is 260. The van der Waals surface area contributed by atoms with Gasteiger partial charge in [-0.05, 0) is 55.4 Å². The van der Waals surface area contributed by atoms with E-state index in [-0.39, 0.29) is 23.4 Å². The Morgan fingerprint density at radius 1 is 0.667 bits per heavy atom. The summed E-state index contributed by atoms with van der Waals surface area (Å²) in [5.74, 6) is 5.78. The monoisotopic (exact) mass is 258 g/mol. The van der Waals surface area contributed by atoms with Crippen molar-refractivity contribution in [3.05, 3.63) is 0 Å². The molecule has 0 aromatic carbocycles. The first-order valence-corrected chi connectivity index (χ1v) is 6.20. The van der Waals surface area contributed by atoms with Crippen molar-refractivity contribution in [2.45, 2.75) is 78.8 Å². The van der Waals surface area contributed by atoms with Crippen LogP contribution in [0.25, 0.3) is 0 Å². The van der Waals surface area contributed by atoms with Gasteiger partial charge in [-0.2, -0.15) is 0 Å². The SMILES string of the molecule is CC(C#CC(C)OOC(C)(C)C)OOC(C)(C)C. The lowest BCUT2D eigenvalue weighted by atomic mass is 10.2. The van der Waals surface area contributed by atoms with Crippen LogP contribution in [0.3, 0.4) is 0 Å². The molecule has 0 spiro atoms. The first-order chi connectivity index (χ1) is 7.99. The zero-order valence-corrected chi connectivity index (χ0v) is 12.8. The molecule has 2 unspecified atom stereocenters. The van der Waals surface area contributed by atoms with E-state index in [1.54, 1.807) is 0 Å². The minimum Gasteiger partial charge on any atom is -0.230 e. The minimum atomic E-state index is -0.340. The molecule has 0 heterocycles. The summed E-state index contributed by atoms with van der Waals surface area (Å²) in [6, 6.07) is 0. The molecule has 0 fully saturated rings. The van der Waals surface area contributed by atoms with Crippen LogP contribution in [0.1, 0.15) is 55.4 Å². The number of hydrogen-bond donors (Lipinski definition) is 0. The van der Waals surface area contributed by atoms with Crippen molar-refractivity contribution in [2.24, 2.45) is 0 Å². The molecule has 0 aliphatic carbocycles. The quantitative estimate of drug-likeness (QED) is 0.440. The fraction of sp³-hybridized carbons (Fsp3) is 0.857. The molecule has 0 aromatic rings. The van der Waals surface area contributed by atoms with Crippen molar-refractivity contribution in [1.82, 2.24) is 0 Å². The van der Waals surface area contributed by atoms with Crippen molar-refractivity contribution in [3.8, 4) is 11.8 Å². The molecule has 0 rings (SSSR count). The molecule has 0 saturated carbocycles. The topological polar surface area (TPSA) is 36.9 Å². The highest BCUT2D eigenvalue weighted by Crippen LogP contribution is 2.10. The Labute approximate surface area is 111 Å². The van der Waals surface area contributed by atoms with E-state index in [1.807, 2.05) is 55.4 Å². The average Bonchev–Trinajstić information content (AvgIpc) is 2.18. The standard InChI is InChI=1S/C14H26O4/c1-11(15-17-13(3,4)5)9-10-12(2)16-18-14(6,7)8/h11-12H,1-8H3. The molecule has 4 heteroatoms. The average molecular weight is 258 g/mol. The second-order valence-electron chi connectivity index (χ2n) is 6.16.